The first kappa shape index (κ1) is 11.4. The van der Waals surface area contributed by atoms with Gasteiger partial charge in [-0.3, -0.25) is 0 Å². The van der Waals surface area contributed by atoms with E-state index in [0.29, 0.717) is 13.0 Å². The molecule has 1 saturated heterocycles. The quantitative estimate of drug-likeness (QED) is 0.383. The molecular weight excluding hydrogens is 157 g/mol. The van der Waals surface area contributed by atoms with Crippen molar-refractivity contribution in [2.75, 3.05) is 6.54 Å². The van der Waals surface area contributed by atoms with Crippen molar-refractivity contribution in [3.05, 3.63) is 0 Å². The summed E-state index contributed by atoms with van der Waals surface area (Å²) in [6.07, 6.45) is 0.593. The van der Waals surface area contributed by atoms with E-state index in [1.165, 1.54) is 0 Å². The minimum absolute atomic E-state index is 0. The van der Waals surface area contributed by atoms with Gasteiger partial charge in [0.15, 0.2) is 0 Å². The average Bonchev–Trinajstić information content (AvgIpc) is 1.88. The number of carbonyl (C=O) groups is 1. The standard InChI is InChI=1S/C6H11NO3.Na/c8-4-2-1-3-7-5(4)6(9)10;/h4-5,7-8H,1-3H2,(H,9,10);/q;+1/p-1/t4-,5+;/m1./s1. The number of nitrogens with one attached hydrogen (secondary N) is 1. The van der Waals surface area contributed by atoms with E-state index < -0.39 is 18.1 Å². The second-order valence-corrected chi connectivity index (χ2v) is 2.46. The van der Waals surface area contributed by atoms with Crippen molar-refractivity contribution in [3.8, 4) is 0 Å². The third-order valence-corrected chi connectivity index (χ3v) is 1.68. The molecule has 1 heterocycles. The molecule has 0 unspecified atom stereocenters. The van der Waals surface area contributed by atoms with Gasteiger partial charge < -0.3 is 20.3 Å². The summed E-state index contributed by atoms with van der Waals surface area (Å²) in [5, 5.41) is 21.9. The molecule has 0 aromatic rings. The minimum Gasteiger partial charge on any atom is -0.548 e. The van der Waals surface area contributed by atoms with Crippen molar-refractivity contribution < 1.29 is 44.6 Å². The Morgan fingerprint density at radius 2 is 2.27 bits per heavy atom. The maximum absolute atomic E-state index is 10.2. The number of carboxylic acid groups (broad SMARTS) is 1. The van der Waals surface area contributed by atoms with Crippen LogP contribution in [0.4, 0.5) is 0 Å². The van der Waals surface area contributed by atoms with E-state index in [1.54, 1.807) is 0 Å². The van der Waals surface area contributed by atoms with E-state index >= 15 is 0 Å². The van der Waals surface area contributed by atoms with Crippen LogP contribution in [-0.2, 0) is 4.79 Å². The summed E-state index contributed by atoms with van der Waals surface area (Å²) in [6, 6.07) is -0.867. The zero-order valence-corrected chi connectivity index (χ0v) is 8.54. The molecule has 2 N–H and O–H groups in total. The van der Waals surface area contributed by atoms with Crippen molar-refractivity contribution in [2.24, 2.45) is 0 Å². The molecule has 1 aliphatic heterocycles. The van der Waals surface area contributed by atoms with Gasteiger partial charge in [0.25, 0.3) is 0 Å². The van der Waals surface area contributed by atoms with E-state index in [4.69, 9.17) is 5.11 Å². The fourth-order valence-corrected chi connectivity index (χ4v) is 1.11. The van der Waals surface area contributed by atoms with E-state index in [-0.39, 0.29) is 29.6 Å². The van der Waals surface area contributed by atoms with Crippen LogP contribution in [0.1, 0.15) is 12.8 Å². The van der Waals surface area contributed by atoms with E-state index in [1.807, 2.05) is 0 Å². The van der Waals surface area contributed by atoms with Gasteiger partial charge in [-0.15, -0.1) is 0 Å². The molecule has 0 aliphatic carbocycles. The second kappa shape index (κ2) is 5.11. The summed E-state index contributed by atoms with van der Waals surface area (Å²) in [7, 11) is 0. The molecular formula is C6H10NNaO3. The zero-order chi connectivity index (χ0) is 7.56. The first-order valence-corrected chi connectivity index (χ1v) is 3.34. The number of hydrogen-bond acceptors (Lipinski definition) is 4. The van der Waals surface area contributed by atoms with Crippen LogP contribution in [0.5, 0.6) is 0 Å². The Morgan fingerprint density at radius 1 is 1.64 bits per heavy atom. The Labute approximate surface area is 87.3 Å². The van der Waals surface area contributed by atoms with Crippen molar-refractivity contribution in [1.82, 2.24) is 5.32 Å². The summed E-state index contributed by atoms with van der Waals surface area (Å²) in [5.41, 5.74) is 0. The number of carboxylic acids is 1. The molecule has 0 amide bonds. The van der Waals surface area contributed by atoms with Crippen LogP contribution in [0.3, 0.4) is 0 Å². The van der Waals surface area contributed by atoms with Gasteiger partial charge in [0.05, 0.1) is 18.1 Å². The maximum Gasteiger partial charge on any atom is 1.00 e. The monoisotopic (exact) mass is 167 g/mol. The van der Waals surface area contributed by atoms with E-state index in [9.17, 15) is 9.90 Å². The first-order valence-electron chi connectivity index (χ1n) is 3.34. The van der Waals surface area contributed by atoms with Gasteiger partial charge in [0, 0.05) is 0 Å². The van der Waals surface area contributed by atoms with Crippen LogP contribution in [0.25, 0.3) is 0 Å². The largest absolute Gasteiger partial charge is 1.00 e. The molecule has 5 heteroatoms. The summed E-state index contributed by atoms with van der Waals surface area (Å²) in [4.78, 5) is 10.2. The fraction of sp³-hybridized carbons (Fsp3) is 0.833. The average molecular weight is 167 g/mol. The molecule has 1 rings (SSSR count). The molecule has 0 aromatic carbocycles. The number of aliphatic hydroxyl groups is 1. The van der Waals surface area contributed by atoms with Crippen molar-refractivity contribution in [2.45, 2.75) is 25.0 Å². The molecule has 58 valence electrons. The summed E-state index contributed by atoms with van der Waals surface area (Å²) in [6.45, 7) is 0.649. The fourth-order valence-electron chi connectivity index (χ4n) is 1.11. The molecule has 0 bridgehead atoms. The molecule has 0 radical (unpaired) electrons. The predicted octanol–water partition coefficient (Wildman–Crippen LogP) is -5.15. The number of piperidine rings is 1. The molecule has 11 heavy (non-hydrogen) atoms. The van der Waals surface area contributed by atoms with Crippen molar-refractivity contribution in [1.29, 1.82) is 0 Å². The maximum atomic E-state index is 10.2. The molecule has 0 aromatic heterocycles. The SMILES string of the molecule is O=C([O-])[C@H]1NCCC[C@H]1O.[Na+]. The number of aliphatic hydroxyl groups excluding tert-OH is 1. The minimum atomic E-state index is -1.22. The van der Waals surface area contributed by atoms with E-state index in [2.05, 4.69) is 5.32 Å². The summed E-state index contributed by atoms with van der Waals surface area (Å²) >= 11 is 0. The number of hydrogen-bond donors (Lipinski definition) is 2. The van der Waals surface area contributed by atoms with Gasteiger partial charge >= 0.3 is 29.6 Å². The number of carbonyl (C=O) groups excluding carboxylic acids is 1. The first-order chi connectivity index (χ1) is 4.72. The summed E-state index contributed by atoms with van der Waals surface area (Å²) < 4.78 is 0. The Bertz CT molecular complexity index is 142. The van der Waals surface area contributed by atoms with Gasteiger partial charge in [-0.05, 0) is 19.4 Å². The van der Waals surface area contributed by atoms with Gasteiger partial charge in [0.1, 0.15) is 0 Å². The van der Waals surface area contributed by atoms with Crippen LogP contribution >= 0.6 is 0 Å². The normalized spacial score (nSPS) is 30.6. The van der Waals surface area contributed by atoms with Crippen molar-refractivity contribution >= 4 is 5.97 Å². The van der Waals surface area contributed by atoms with Crippen LogP contribution in [0.2, 0.25) is 0 Å². The van der Waals surface area contributed by atoms with Gasteiger partial charge in [-0.1, -0.05) is 0 Å². The predicted molar refractivity (Wildman–Crippen MR) is 32.0 cm³/mol. The van der Waals surface area contributed by atoms with Crippen LogP contribution in [0, 0.1) is 0 Å². The molecule has 4 nitrogen and oxygen atoms in total. The molecule has 1 aliphatic rings. The third kappa shape index (κ3) is 3.09. The number of aliphatic carboxylic acids is 1. The Balaban J connectivity index is 0.000001000. The van der Waals surface area contributed by atoms with Crippen LogP contribution in [-0.4, -0.2) is 29.8 Å². The second-order valence-electron chi connectivity index (χ2n) is 2.46. The van der Waals surface area contributed by atoms with Gasteiger partial charge in [-0.2, -0.15) is 0 Å². The smallest absolute Gasteiger partial charge is 0.548 e. The Morgan fingerprint density at radius 3 is 2.64 bits per heavy atom. The molecule has 0 spiro atoms. The molecule has 1 fully saturated rings. The van der Waals surface area contributed by atoms with E-state index in [0.717, 1.165) is 6.42 Å². The topological polar surface area (TPSA) is 72.4 Å². The molecule has 2 atom stereocenters. The summed E-state index contributed by atoms with van der Waals surface area (Å²) in [5.74, 6) is -1.22. The van der Waals surface area contributed by atoms with Gasteiger partial charge in [-0.25, -0.2) is 0 Å². The van der Waals surface area contributed by atoms with Gasteiger partial charge in [0.2, 0.25) is 0 Å². The Kier molecular flexibility index (Phi) is 5.29. The van der Waals surface area contributed by atoms with Crippen molar-refractivity contribution in [3.63, 3.8) is 0 Å². The third-order valence-electron chi connectivity index (χ3n) is 1.68. The van der Waals surface area contributed by atoms with Crippen LogP contribution < -0.4 is 40.0 Å². The molecule has 0 saturated carbocycles. The zero-order valence-electron chi connectivity index (χ0n) is 6.54. The number of rotatable bonds is 1. The van der Waals surface area contributed by atoms with Crippen LogP contribution in [0.15, 0.2) is 0 Å². The Hall–Kier alpha value is 0.390.